The van der Waals surface area contributed by atoms with E-state index in [4.69, 9.17) is 4.74 Å². The van der Waals surface area contributed by atoms with Crippen LogP contribution in [-0.2, 0) is 4.74 Å². The number of hydrogen-bond acceptors (Lipinski definition) is 1. The Labute approximate surface area is 122 Å². The summed E-state index contributed by atoms with van der Waals surface area (Å²) >= 11 is 3.69. The van der Waals surface area contributed by atoms with Gasteiger partial charge >= 0.3 is 0 Å². The van der Waals surface area contributed by atoms with E-state index in [0.717, 1.165) is 23.1 Å². The Kier molecular flexibility index (Phi) is 6.67. The van der Waals surface area contributed by atoms with Crippen LogP contribution in [0.25, 0.3) is 0 Å². The first-order chi connectivity index (χ1) is 8.38. The van der Waals surface area contributed by atoms with Crippen molar-refractivity contribution in [3.63, 3.8) is 0 Å². The van der Waals surface area contributed by atoms with Crippen molar-refractivity contribution in [1.82, 2.24) is 0 Å². The lowest BCUT2D eigenvalue weighted by atomic mass is 9.75. The van der Waals surface area contributed by atoms with Gasteiger partial charge in [0.25, 0.3) is 0 Å². The summed E-state index contributed by atoms with van der Waals surface area (Å²) in [6.07, 6.45) is 6.67. The van der Waals surface area contributed by atoms with Crippen LogP contribution in [0.15, 0.2) is 0 Å². The first-order valence-electron chi connectivity index (χ1n) is 7.62. The zero-order valence-electron chi connectivity index (χ0n) is 12.8. The van der Waals surface area contributed by atoms with E-state index in [2.05, 4.69) is 50.5 Å². The van der Waals surface area contributed by atoms with E-state index >= 15 is 0 Å². The molecular formula is C16H31BrO. The molecule has 0 radical (unpaired) electrons. The molecule has 0 spiro atoms. The molecule has 108 valence electrons. The van der Waals surface area contributed by atoms with Gasteiger partial charge in [0.05, 0.1) is 11.7 Å². The summed E-state index contributed by atoms with van der Waals surface area (Å²) in [6, 6.07) is 0. The third-order valence-corrected chi connectivity index (χ3v) is 5.40. The average Bonchev–Trinajstić information content (AvgIpc) is 2.28. The van der Waals surface area contributed by atoms with Gasteiger partial charge < -0.3 is 4.74 Å². The number of halogens is 1. The van der Waals surface area contributed by atoms with Gasteiger partial charge in [-0.2, -0.15) is 0 Å². The van der Waals surface area contributed by atoms with Gasteiger partial charge in [-0.15, -0.1) is 0 Å². The third kappa shape index (κ3) is 4.85. The highest BCUT2D eigenvalue weighted by Crippen LogP contribution is 2.40. The largest absolute Gasteiger partial charge is 0.371 e. The van der Waals surface area contributed by atoms with Crippen molar-refractivity contribution in [3.8, 4) is 0 Å². The fourth-order valence-electron chi connectivity index (χ4n) is 3.25. The molecule has 0 amide bonds. The highest BCUT2D eigenvalue weighted by Gasteiger charge is 2.37. The number of rotatable bonds is 6. The van der Waals surface area contributed by atoms with Crippen molar-refractivity contribution in [1.29, 1.82) is 0 Å². The normalized spacial score (nSPS) is 31.0. The zero-order chi connectivity index (χ0) is 13.8. The smallest absolute Gasteiger partial charge is 0.0782 e. The van der Waals surface area contributed by atoms with Crippen LogP contribution in [0.2, 0.25) is 0 Å². The Hall–Kier alpha value is 0.440. The van der Waals surface area contributed by atoms with Gasteiger partial charge in [-0.1, -0.05) is 43.6 Å². The second-order valence-electron chi connectivity index (χ2n) is 6.96. The molecule has 18 heavy (non-hydrogen) atoms. The van der Waals surface area contributed by atoms with Crippen molar-refractivity contribution in [2.75, 3.05) is 5.33 Å². The monoisotopic (exact) mass is 318 g/mol. The topological polar surface area (TPSA) is 9.23 Å². The van der Waals surface area contributed by atoms with Gasteiger partial charge in [0.2, 0.25) is 0 Å². The van der Waals surface area contributed by atoms with Crippen LogP contribution >= 0.6 is 15.9 Å². The fraction of sp³-hybridized carbons (Fsp3) is 1.00. The molecule has 1 atom stereocenters. The lowest BCUT2D eigenvalue weighted by Crippen LogP contribution is -2.42. The summed E-state index contributed by atoms with van der Waals surface area (Å²) in [4.78, 5) is 0. The Morgan fingerprint density at radius 3 is 2.06 bits per heavy atom. The maximum Gasteiger partial charge on any atom is 0.0782 e. The molecule has 1 saturated carbocycles. The Morgan fingerprint density at radius 2 is 1.67 bits per heavy atom. The van der Waals surface area contributed by atoms with Crippen molar-refractivity contribution in [2.24, 2.45) is 17.8 Å². The van der Waals surface area contributed by atoms with Gasteiger partial charge in [0, 0.05) is 5.33 Å². The summed E-state index contributed by atoms with van der Waals surface area (Å²) in [5.41, 5.74) is 0.111. The van der Waals surface area contributed by atoms with Gasteiger partial charge in [-0.25, -0.2) is 0 Å². The second kappa shape index (κ2) is 7.28. The van der Waals surface area contributed by atoms with Crippen LogP contribution < -0.4 is 0 Å². The summed E-state index contributed by atoms with van der Waals surface area (Å²) in [7, 11) is 0. The molecule has 0 bridgehead atoms. The number of hydrogen-bond donors (Lipinski definition) is 0. The highest BCUT2D eigenvalue weighted by molar-refractivity contribution is 9.09. The molecule has 0 N–H and O–H groups in total. The predicted octanol–water partition coefficient (Wildman–Crippen LogP) is 5.42. The fourth-order valence-corrected chi connectivity index (χ4v) is 3.95. The summed E-state index contributed by atoms with van der Waals surface area (Å²) in [6.45, 7) is 11.5. The van der Waals surface area contributed by atoms with Gasteiger partial charge in [-0.3, -0.25) is 0 Å². The second-order valence-corrected chi connectivity index (χ2v) is 7.52. The molecular weight excluding hydrogens is 288 g/mol. The molecule has 1 rings (SSSR count). The molecule has 0 aromatic carbocycles. The zero-order valence-corrected chi connectivity index (χ0v) is 14.4. The first kappa shape index (κ1) is 16.5. The van der Waals surface area contributed by atoms with Gasteiger partial charge in [-0.05, 0) is 56.8 Å². The van der Waals surface area contributed by atoms with Crippen LogP contribution in [0.4, 0.5) is 0 Å². The van der Waals surface area contributed by atoms with Crippen molar-refractivity contribution < 1.29 is 4.74 Å². The Balaban J connectivity index is 2.50. The van der Waals surface area contributed by atoms with Crippen molar-refractivity contribution in [3.05, 3.63) is 0 Å². The molecule has 1 fully saturated rings. The predicted molar refractivity (Wildman–Crippen MR) is 83.3 cm³/mol. The summed E-state index contributed by atoms with van der Waals surface area (Å²) in [5, 5.41) is 0.993. The molecule has 0 aromatic rings. The number of ether oxygens (including phenoxy) is 1. The van der Waals surface area contributed by atoms with Crippen LogP contribution in [0.1, 0.15) is 66.7 Å². The lowest BCUT2D eigenvalue weighted by molar-refractivity contribution is -0.105. The minimum absolute atomic E-state index is 0.111. The van der Waals surface area contributed by atoms with Gasteiger partial charge in [0.1, 0.15) is 0 Å². The van der Waals surface area contributed by atoms with Crippen LogP contribution in [0, 0.1) is 17.8 Å². The van der Waals surface area contributed by atoms with E-state index in [9.17, 15) is 0 Å². The van der Waals surface area contributed by atoms with E-state index in [1.54, 1.807) is 0 Å². The van der Waals surface area contributed by atoms with Crippen LogP contribution in [0.3, 0.4) is 0 Å². The molecule has 1 unspecified atom stereocenters. The molecule has 0 heterocycles. The average molecular weight is 319 g/mol. The standard InChI is InChI=1S/C16H31BrO/c1-12(2)10-14(5)18-16(11-17)8-6-15(7-9-16)13(3)4/h12-15H,6-11H2,1-5H3. The maximum absolute atomic E-state index is 6.42. The number of alkyl halides is 1. The van der Waals surface area contributed by atoms with E-state index in [-0.39, 0.29) is 5.60 Å². The third-order valence-electron chi connectivity index (χ3n) is 4.38. The minimum atomic E-state index is 0.111. The van der Waals surface area contributed by atoms with E-state index in [0.29, 0.717) is 6.10 Å². The molecule has 0 saturated heterocycles. The van der Waals surface area contributed by atoms with E-state index in [1.165, 1.54) is 32.1 Å². The van der Waals surface area contributed by atoms with Crippen molar-refractivity contribution in [2.45, 2.75) is 78.4 Å². The SMILES string of the molecule is CC(C)CC(C)OC1(CBr)CCC(C(C)C)CC1. The lowest BCUT2D eigenvalue weighted by Gasteiger charge is -2.42. The Morgan fingerprint density at radius 1 is 1.11 bits per heavy atom. The quantitative estimate of drug-likeness (QED) is 0.594. The molecule has 1 aliphatic rings. The highest BCUT2D eigenvalue weighted by atomic mass is 79.9. The molecule has 0 aromatic heterocycles. The summed E-state index contributed by atoms with van der Waals surface area (Å²) < 4.78 is 6.42. The molecule has 1 aliphatic carbocycles. The van der Waals surface area contributed by atoms with Gasteiger partial charge in [0.15, 0.2) is 0 Å². The van der Waals surface area contributed by atoms with E-state index < -0.39 is 0 Å². The molecule has 0 aliphatic heterocycles. The van der Waals surface area contributed by atoms with E-state index in [1.807, 2.05) is 0 Å². The van der Waals surface area contributed by atoms with Crippen molar-refractivity contribution >= 4 is 15.9 Å². The maximum atomic E-state index is 6.42. The minimum Gasteiger partial charge on any atom is -0.371 e. The Bertz CT molecular complexity index is 229. The first-order valence-corrected chi connectivity index (χ1v) is 8.74. The van der Waals surface area contributed by atoms with Crippen LogP contribution in [0.5, 0.6) is 0 Å². The molecule has 1 nitrogen and oxygen atoms in total. The van der Waals surface area contributed by atoms with Crippen LogP contribution in [-0.4, -0.2) is 17.0 Å². The molecule has 2 heteroatoms. The summed E-state index contributed by atoms with van der Waals surface area (Å²) in [5.74, 6) is 2.45.